The lowest BCUT2D eigenvalue weighted by molar-refractivity contribution is 0.235. The van der Waals surface area contributed by atoms with Crippen molar-refractivity contribution in [2.24, 2.45) is 0 Å². The van der Waals surface area contributed by atoms with Gasteiger partial charge in [0, 0.05) is 13.1 Å². The third kappa shape index (κ3) is 1.39. The average molecular weight is 151 g/mol. The third-order valence-corrected chi connectivity index (χ3v) is 2.21. The molecular formula is C9H13NO. The van der Waals surface area contributed by atoms with Crippen molar-refractivity contribution in [1.82, 2.24) is 4.90 Å². The molecule has 0 unspecified atom stereocenters. The number of hydrogen-bond donors (Lipinski definition) is 0. The maximum absolute atomic E-state index is 5.20. The van der Waals surface area contributed by atoms with Crippen molar-refractivity contribution < 1.29 is 4.74 Å². The minimum atomic E-state index is 0.760. The van der Waals surface area contributed by atoms with E-state index in [1.165, 1.54) is 31.6 Å². The summed E-state index contributed by atoms with van der Waals surface area (Å²) in [5.74, 6) is 0. The zero-order valence-electron chi connectivity index (χ0n) is 6.62. The van der Waals surface area contributed by atoms with Crippen LogP contribution in [0.5, 0.6) is 0 Å². The second-order valence-electron chi connectivity index (χ2n) is 2.99. The molecule has 11 heavy (non-hydrogen) atoms. The standard InChI is InChI=1S/C9H13NO/c1-2-6-10(5-1)9-4-3-7-11-8-9/h3-4,7H,1-2,5-6,8H2. The molecule has 0 spiro atoms. The predicted molar refractivity (Wildman–Crippen MR) is 44.0 cm³/mol. The average Bonchev–Trinajstić information content (AvgIpc) is 2.58. The second-order valence-corrected chi connectivity index (χ2v) is 2.99. The Morgan fingerprint density at radius 1 is 1.27 bits per heavy atom. The van der Waals surface area contributed by atoms with E-state index in [-0.39, 0.29) is 0 Å². The fourth-order valence-electron chi connectivity index (χ4n) is 1.59. The van der Waals surface area contributed by atoms with Crippen molar-refractivity contribution in [1.29, 1.82) is 0 Å². The van der Waals surface area contributed by atoms with Gasteiger partial charge in [-0.1, -0.05) is 0 Å². The van der Waals surface area contributed by atoms with Crippen LogP contribution >= 0.6 is 0 Å². The van der Waals surface area contributed by atoms with Gasteiger partial charge in [-0.05, 0) is 25.0 Å². The molecular weight excluding hydrogens is 138 g/mol. The molecule has 0 saturated carbocycles. The monoisotopic (exact) mass is 151 g/mol. The van der Waals surface area contributed by atoms with Crippen molar-refractivity contribution in [3.05, 3.63) is 24.1 Å². The third-order valence-electron chi connectivity index (χ3n) is 2.21. The van der Waals surface area contributed by atoms with Crippen LogP contribution in [-0.2, 0) is 4.74 Å². The van der Waals surface area contributed by atoms with Gasteiger partial charge in [-0.25, -0.2) is 0 Å². The minimum absolute atomic E-state index is 0.760. The number of ether oxygens (including phenoxy) is 1. The smallest absolute Gasteiger partial charge is 0.127 e. The van der Waals surface area contributed by atoms with Gasteiger partial charge in [0.2, 0.25) is 0 Å². The van der Waals surface area contributed by atoms with Crippen LogP contribution in [-0.4, -0.2) is 24.6 Å². The minimum Gasteiger partial charge on any atom is -0.495 e. The summed E-state index contributed by atoms with van der Waals surface area (Å²) < 4.78 is 5.20. The highest BCUT2D eigenvalue weighted by Gasteiger charge is 2.14. The van der Waals surface area contributed by atoms with Crippen molar-refractivity contribution in [2.45, 2.75) is 12.8 Å². The van der Waals surface area contributed by atoms with Gasteiger partial charge in [-0.2, -0.15) is 0 Å². The van der Waals surface area contributed by atoms with E-state index in [0.29, 0.717) is 0 Å². The van der Waals surface area contributed by atoms with E-state index < -0.39 is 0 Å². The SMILES string of the molecule is C1=COCC(N2CCCC2)=C1. The maximum Gasteiger partial charge on any atom is 0.127 e. The molecule has 1 fully saturated rings. The maximum atomic E-state index is 5.20. The van der Waals surface area contributed by atoms with Gasteiger partial charge in [0.25, 0.3) is 0 Å². The van der Waals surface area contributed by atoms with Gasteiger partial charge < -0.3 is 9.64 Å². The number of rotatable bonds is 1. The molecule has 1 saturated heterocycles. The summed E-state index contributed by atoms with van der Waals surface area (Å²) in [6.45, 7) is 3.18. The number of allylic oxidation sites excluding steroid dienone is 2. The van der Waals surface area contributed by atoms with Gasteiger partial charge >= 0.3 is 0 Å². The van der Waals surface area contributed by atoms with Crippen LogP contribution in [0, 0.1) is 0 Å². The molecule has 2 rings (SSSR count). The molecule has 0 bridgehead atoms. The molecule has 0 aromatic rings. The van der Waals surface area contributed by atoms with Crippen molar-refractivity contribution in [3.8, 4) is 0 Å². The van der Waals surface area contributed by atoms with Crippen LogP contribution < -0.4 is 0 Å². The Kier molecular flexibility index (Phi) is 1.84. The first-order chi connectivity index (χ1) is 5.47. The number of likely N-dealkylation sites (tertiary alicyclic amines) is 1. The molecule has 0 N–H and O–H groups in total. The van der Waals surface area contributed by atoms with Gasteiger partial charge in [0.15, 0.2) is 0 Å². The van der Waals surface area contributed by atoms with Crippen LogP contribution in [0.4, 0.5) is 0 Å². The molecule has 60 valence electrons. The Hall–Kier alpha value is -0.920. The molecule has 2 heteroatoms. The van der Waals surface area contributed by atoms with Gasteiger partial charge in [-0.15, -0.1) is 0 Å². The Morgan fingerprint density at radius 3 is 2.73 bits per heavy atom. The van der Waals surface area contributed by atoms with Crippen LogP contribution in [0.25, 0.3) is 0 Å². The first kappa shape index (κ1) is 6.77. The topological polar surface area (TPSA) is 12.5 Å². The summed E-state index contributed by atoms with van der Waals surface area (Å²) in [6.07, 6.45) is 8.54. The lowest BCUT2D eigenvalue weighted by Crippen LogP contribution is -2.22. The molecule has 2 heterocycles. The van der Waals surface area contributed by atoms with E-state index in [4.69, 9.17) is 4.74 Å². The Morgan fingerprint density at radius 2 is 2.09 bits per heavy atom. The summed E-state index contributed by atoms with van der Waals surface area (Å²) in [7, 11) is 0. The summed E-state index contributed by atoms with van der Waals surface area (Å²) in [6, 6.07) is 0. The molecule has 0 radical (unpaired) electrons. The van der Waals surface area contributed by atoms with Crippen LogP contribution in [0.3, 0.4) is 0 Å². The fraction of sp³-hybridized carbons (Fsp3) is 0.556. The molecule has 2 aliphatic heterocycles. The summed E-state index contributed by atoms with van der Waals surface area (Å²) in [5.41, 5.74) is 1.34. The first-order valence-electron chi connectivity index (χ1n) is 4.19. The predicted octanol–water partition coefficient (Wildman–Crippen LogP) is 1.51. The lowest BCUT2D eigenvalue weighted by atomic mass is 10.3. The Balaban J connectivity index is 2.02. The molecule has 2 nitrogen and oxygen atoms in total. The molecule has 2 aliphatic rings. The Bertz CT molecular complexity index is 190. The van der Waals surface area contributed by atoms with Gasteiger partial charge in [0.05, 0.1) is 12.0 Å². The quantitative estimate of drug-likeness (QED) is 0.563. The fourth-order valence-corrected chi connectivity index (χ4v) is 1.59. The molecule has 0 atom stereocenters. The molecule has 0 aromatic heterocycles. The van der Waals surface area contributed by atoms with Crippen LogP contribution in [0.2, 0.25) is 0 Å². The number of nitrogens with zero attached hydrogens (tertiary/aromatic N) is 1. The first-order valence-corrected chi connectivity index (χ1v) is 4.19. The zero-order valence-corrected chi connectivity index (χ0v) is 6.62. The van der Waals surface area contributed by atoms with Crippen LogP contribution in [0.1, 0.15) is 12.8 Å². The van der Waals surface area contributed by atoms with Crippen molar-refractivity contribution in [3.63, 3.8) is 0 Å². The van der Waals surface area contributed by atoms with E-state index in [1.54, 1.807) is 6.26 Å². The normalized spacial score (nSPS) is 23.3. The zero-order chi connectivity index (χ0) is 7.52. The second kappa shape index (κ2) is 2.99. The van der Waals surface area contributed by atoms with E-state index in [0.717, 1.165) is 6.61 Å². The number of hydrogen-bond acceptors (Lipinski definition) is 2. The van der Waals surface area contributed by atoms with E-state index in [2.05, 4.69) is 11.0 Å². The van der Waals surface area contributed by atoms with Gasteiger partial charge in [0.1, 0.15) is 6.61 Å². The van der Waals surface area contributed by atoms with Crippen LogP contribution in [0.15, 0.2) is 24.1 Å². The molecule has 0 amide bonds. The van der Waals surface area contributed by atoms with Crippen molar-refractivity contribution in [2.75, 3.05) is 19.7 Å². The molecule has 0 aliphatic carbocycles. The highest BCUT2D eigenvalue weighted by Crippen LogP contribution is 2.16. The highest BCUT2D eigenvalue weighted by molar-refractivity contribution is 5.14. The summed E-state index contributed by atoms with van der Waals surface area (Å²) >= 11 is 0. The lowest BCUT2D eigenvalue weighted by Gasteiger charge is -2.22. The summed E-state index contributed by atoms with van der Waals surface area (Å²) in [4.78, 5) is 2.41. The van der Waals surface area contributed by atoms with Crippen molar-refractivity contribution >= 4 is 0 Å². The largest absolute Gasteiger partial charge is 0.495 e. The van der Waals surface area contributed by atoms with E-state index in [9.17, 15) is 0 Å². The highest BCUT2D eigenvalue weighted by atomic mass is 16.5. The van der Waals surface area contributed by atoms with E-state index >= 15 is 0 Å². The molecule has 0 aromatic carbocycles. The summed E-state index contributed by atoms with van der Waals surface area (Å²) in [5, 5.41) is 0. The van der Waals surface area contributed by atoms with Gasteiger partial charge in [-0.3, -0.25) is 0 Å². The Labute approximate surface area is 67.1 Å². The van der Waals surface area contributed by atoms with E-state index in [1.807, 2.05) is 6.08 Å².